The van der Waals surface area contributed by atoms with Crippen molar-refractivity contribution in [3.8, 4) is 6.19 Å². The molecule has 0 radical (unpaired) electrons. The van der Waals surface area contributed by atoms with Gasteiger partial charge in [0, 0.05) is 0 Å². The molecule has 0 amide bonds. The van der Waals surface area contributed by atoms with Crippen molar-refractivity contribution < 1.29 is 0 Å². The monoisotopic (exact) mass is 161 g/mol. The Morgan fingerprint density at radius 2 is 2.00 bits per heavy atom. The lowest BCUT2D eigenvalue weighted by Crippen LogP contribution is -2.24. The van der Waals surface area contributed by atoms with Gasteiger partial charge < -0.3 is 0 Å². The van der Waals surface area contributed by atoms with Crippen LogP contribution in [0.3, 0.4) is 0 Å². The van der Waals surface area contributed by atoms with Gasteiger partial charge in [0.25, 0.3) is 0 Å². The zero-order valence-corrected chi connectivity index (χ0v) is 6.99. The molecule has 62 valence electrons. The number of hydrogen-bond donors (Lipinski definition) is 1. The molecule has 0 fully saturated rings. The number of nitrogens with two attached hydrogens (primary N) is 1. The van der Waals surface area contributed by atoms with Crippen molar-refractivity contribution in [2.45, 2.75) is 13.3 Å². The Kier molecular flexibility index (Phi) is 2.67. The highest BCUT2D eigenvalue weighted by atomic mass is 15.4. The van der Waals surface area contributed by atoms with Gasteiger partial charge in [-0.15, -0.1) is 0 Å². The lowest BCUT2D eigenvalue weighted by molar-refractivity contribution is 1.08. The molecule has 3 heteroatoms. The zero-order valence-electron chi connectivity index (χ0n) is 6.99. The molecule has 1 aromatic rings. The quantitative estimate of drug-likeness (QED) is 0.309. The van der Waals surface area contributed by atoms with Gasteiger partial charge in [0.1, 0.15) is 0 Å². The van der Waals surface area contributed by atoms with Gasteiger partial charge >= 0.3 is 0 Å². The van der Waals surface area contributed by atoms with Crippen LogP contribution in [0.15, 0.2) is 24.3 Å². The summed E-state index contributed by atoms with van der Waals surface area (Å²) in [6, 6.07) is 7.60. The molecule has 1 rings (SSSR count). The number of hydrazine groups is 1. The van der Waals surface area contributed by atoms with Gasteiger partial charge in [0.2, 0.25) is 0 Å². The van der Waals surface area contributed by atoms with Crippen molar-refractivity contribution in [3.05, 3.63) is 29.8 Å². The fourth-order valence-electron chi connectivity index (χ4n) is 0.950. The van der Waals surface area contributed by atoms with E-state index in [4.69, 9.17) is 11.1 Å². The summed E-state index contributed by atoms with van der Waals surface area (Å²) in [4.78, 5) is 0. The minimum Gasteiger partial charge on any atom is -0.234 e. The summed E-state index contributed by atoms with van der Waals surface area (Å²) in [6.07, 6.45) is 2.83. The number of nitriles is 1. The zero-order chi connectivity index (χ0) is 8.97. The number of benzene rings is 1. The summed E-state index contributed by atoms with van der Waals surface area (Å²) < 4.78 is 0. The molecule has 0 saturated carbocycles. The Balaban J connectivity index is 2.86. The molecule has 0 aliphatic carbocycles. The number of rotatable bonds is 2. The smallest absolute Gasteiger partial charge is 0.200 e. The van der Waals surface area contributed by atoms with Crippen LogP contribution in [0.1, 0.15) is 12.5 Å². The number of anilines is 1. The molecule has 0 unspecified atom stereocenters. The fraction of sp³-hybridized carbons (Fsp3) is 0.222. The second kappa shape index (κ2) is 3.74. The Morgan fingerprint density at radius 1 is 1.42 bits per heavy atom. The second-order valence-electron chi connectivity index (χ2n) is 2.49. The van der Waals surface area contributed by atoms with E-state index >= 15 is 0 Å². The Labute approximate surface area is 72.0 Å². The van der Waals surface area contributed by atoms with Crippen LogP contribution in [0.2, 0.25) is 0 Å². The summed E-state index contributed by atoms with van der Waals surface area (Å²) in [5.74, 6) is 5.36. The lowest BCUT2D eigenvalue weighted by atomic mass is 10.1. The van der Waals surface area contributed by atoms with Crippen molar-refractivity contribution in [1.29, 1.82) is 5.26 Å². The number of aryl methyl sites for hydroxylation is 1. The van der Waals surface area contributed by atoms with Gasteiger partial charge in [-0.05, 0) is 24.1 Å². The third kappa shape index (κ3) is 1.74. The van der Waals surface area contributed by atoms with Gasteiger partial charge in [-0.2, -0.15) is 5.26 Å². The van der Waals surface area contributed by atoms with E-state index in [2.05, 4.69) is 6.92 Å². The van der Waals surface area contributed by atoms with Gasteiger partial charge in [-0.1, -0.05) is 19.1 Å². The lowest BCUT2D eigenvalue weighted by Gasteiger charge is -2.07. The topological polar surface area (TPSA) is 53.0 Å². The average molecular weight is 161 g/mol. The maximum absolute atomic E-state index is 8.47. The van der Waals surface area contributed by atoms with Crippen LogP contribution in [-0.2, 0) is 6.42 Å². The van der Waals surface area contributed by atoms with Gasteiger partial charge in [-0.25, -0.2) is 10.9 Å². The summed E-state index contributed by atoms with van der Waals surface area (Å²) in [5, 5.41) is 9.51. The molecule has 0 heterocycles. The van der Waals surface area contributed by atoms with E-state index in [1.165, 1.54) is 5.56 Å². The predicted molar refractivity (Wildman–Crippen MR) is 48.1 cm³/mol. The first-order valence-corrected chi connectivity index (χ1v) is 3.81. The minimum atomic E-state index is 0.717. The van der Waals surface area contributed by atoms with Crippen molar-refractivity contribution >= 4 is 5.69 Å². The summed E-state index contributed by atoms with van der Waals surface area (Å²) in [7, 11) is 0. The normalized spacial score (nSPS) is 9.08. The number of hydrogen-bond acceptors (Lipinski definition) is 3. The summed E-state index contributed by atoms with van der Waals surface area (Å²) in [6.45, 7) is 2.08. The molecule has 0 aliphatic rings. The Morgan fingerprint density at radius 3 is 2.42 bits per heavy atom. The van der Waals surface area contributed by atoms with Crippen LogP contribution in [0.4, 0.5) is 5.69 Å². The first-order chi connectivity index (χ1) is 5.77. The molecule has 12 heavy (non-hydrogen) atoms. The molecule has 3 nitrogen and oxygen atoms in total. The molecule has 2 N–H and O–H groups in total. The van der Waals surface area contributed by atoms with Crippen LogP contribution in [0, 0.1) is 11.5 Å². The highest BCUT2D eigenvalue weighted by Crippen LogP contribution is 2.11. The van der Waals surface area contributed by atoms with Crippen LogP contribution in [0.25, 0.3) is 0 Å². The molecule has 0 bridgehead atoms. The molecule has 0 aliphatic heterocycles. The molecular formula is C9H11N3. The maximum atomic E-state index is 8.47. The van der Waals surface area contributed by atoms with Crippen molar-refractivity contribution in [2.75, 3.05) is 5.01 Å². The van der Waals surface area contributed by atoms with E-state index in [1.807, 2.05) is 30.5 Å². The second-order valence-corrected chi connectivity index (χ2v) is 2.49. The van der Waals surface area contributed by atoms with E-state index in [1.54, 1.807) is 0 Å². The van der Waals surface area contributed by atoms with Crippen LogP contribution < -0.4 is 10.9 Å². The van der Waals surface area contributed by atoms with Crippen molar-refractivity contribution in [3.63, 3.8) is 0 Å². The Bertz CT molecular complexity index is 284. The molecule has 1 aromatic carbocycles. The SMILES string of the molecule is CCc1ccc(N(N)C#N)cc1. The largest absolute Gasteiger partial charge is 0.234 e. The summed E-state index contributed by atoms with van der Waals surface area (Å²) >= 11 is 0. The molecular weight excluding hydrogens is 150 g/mol. The summed E-state index contributed by atoms with van der Waals surface area (Å²) in [5.41, 5.74) is 1.96. The first-order valence-electron chi connectivity index (χ1n) is 3.81. The van der Waals surface area contributed by atoms with Crippen LogP contribution in [-0.4, -0.2) is 0 Å². The predicted octanol–water partition coefficient (Wildman–Crippen LogP) is 1.41. The minimum absolute atomic E-state index is 0.717. The molecule has 0 atom stereocenters. The van der Waals surface area contributed by atoms with E-state index in [0.717, 1.165) is 17.1 Å². The van der Waals surface area contributed by atoms with E-state index < -0.39 is 0 Å². The molecule has 0 aromatic heterocycles. The fourth-order valence-corrected chi connectivity index (χ4v) is 0.950. The number of nitrogens with zero attached hydrogens (tertiary/aromatic N) is 2. The first kappa shape index (κ1) is 8.57. The van der Waals surface area contributed by atoms with Gasteiger partial charge in [-0.3, -0.25) is 0 Å². The van der Waals surface area contributed by atoms with Crippen molar-refractivity contribution in [1.82, 2.24) is 0 Å². The standard InChI is InChI=1S/C9H11N3/c1-2-8-3-5-9(6-4-8)12(11)7-10/h3-6H,2,11H2,1H3. The van der Waals surface area contributed by atoms with Crippen molar-refractivity contribution in [2.24, 2.45) is 5.84 Å². The van der Waals surface area contributed by atoms with Crippen LogP contribution >= 0.6 is 0 Å². The average Bonchev–Trinajstić information content (AvgIpc) is 2.17. The maximum Gasteiger partial charge on any atom is 0.200 e. The van der Waals surface area contributed by atoms with Crippen LogP contribution in [0.5, 0.6) is 0 Å². The van der Waals surface area contributed by atoms with E-state index in [0.29, 0.717) is 0 Å². The third-order valence-corrected chi connectivity index (χ3v) is 1.73. The van der Waals surface area contributed by atoms with E-state index in [9.17, 15) is 0 Å². The van der Waals surface area contributed by atoms with Gasteiger partial charge in [0.05, 0.1) is 5.69 Å². The molecule has 0 saturated heterocycles. The Hall–Kier alpha value is -1.53. The molecule has 0 spiro atoms. The van der Waals surface area contributed by atoms with E-state index in [-0.39, 0.29) is 0 Å². The van der Waals surface area contributed by atoms with Gasteiger partial charge in [0.15, 0.2) is 6.19 Å². The highest BCUT2D eigenvalue weighted by Gasteiger charge is 1.97. The third-order valence-electron chi connectivity index (χ3n) is 1.73. The highest BCUT2D eigenvalue weighted by molar-refractivity contribution is 5.49.